The lowest BCUT2D eigenvalue weighted by atomic mass is 9.64. The molecule has 1 fully saturated rings. The van der Waals surface area contributed by atoms with Gasteiger partial charge in [-0.05, 0) is 41.5 Å². The van der Waals surface area contributed by atoms with E-state index in [0.29, 0.717) is 28.2 Å². The third kappa shape index (κ3) is 3.40. The highest BCUT2D eigenvalue weighted by molar-refractivity contribution is 6.32. The Hall–Kier alpha value is -4.97. The van der Waals surface area contributed by atoms with Crippen molar-refractivity contribution >= 4 is 29.1 Å². The van der Waals surface area contributed by atoms with Crippen molar-refractivity contribution in [2.75, 3.05) is 19.1 Å². The number of fused-ring (bicyclic) bond motifs is 5. The molecule has 2 aliphatic heterocycles. The van der Waals surface area contributed by atoms with E-state index in [4.69, 9.17) is 9.47 Å². The number of anilines is 1. The second-order valence-corrected chi connectivity index (χ2v) is 10.6. The fraction of sp³-hybridized carbons (Fsp3) is 0.171. The van der Waals surface area contributed by atoms with Crippen LogP contribution in [0.1, 0.15) is 48.1 Å². The van der Waals surface area contributed by atoms with Crippen LogP contribution in [0, 0.1) is 5.41 Å². The third-order valence-corrected chi connectivity index (χ3v) is 8.81. The Morgan fingerprint density at radius 3 is 2.10 bits per heavy atom. The van der Waals surface area contributed by atoms with E-state index < -0.39 is 23.4 Å². The molecule has 0 bridgehead atoms. The fourth-order valence-corrected chi connectivity index (χ4v) is 7.05. The lowest BCUT2D eigenvalue weighted by Crippen LogP contribution is -2.48. The highest BCUT2D eigenvalue weighted by Crippen LogP contribution is 2.61. The summed E-state index contributed by atoms with van der Waals surface area (Å²) in [6.07, 6.45) is 3.89. The van der Waals surface area contributed by atoms with E-state index in [0.717, 1.165) is 16.8 Å². The molecule has 0 aromatic heterocycles. The second-order valence-electron chi connectivity index (χ2n) is 10.6. The summed E-state index contributed by atoms with van der Waals surface area (Å²) >= 11 is 0. The molecule has 2 heterocycles. The zero-order valence-electron chi connectivity index (χ0n) is 22.6. The smallest absolute Gasteiger partial charge is 0.186 e. The van der Waals surface area contributed by atoms with E-state index in [1.54, 1.807) is 62.8 Å². The van der Waals surface area contributed by atoms with E-state index in [1.165, 1.54) is 0 Å². The van der Waals surface area contributed by atoms with Crippen molar-refractivity contribution in [3.63, 3.8) is 0 Å². The Morgan fingerprint density at radius 2 is 1.41 bits per heavy atom. The van der Waals surface area contributed by atoms with Gasteiger partial charge in [0.1, 0.15) is 23.0 Å². The van der Waals surface area contributed by atoms with Crippen molar-refractivity contribution in [2.45, 2.75) is 18.0 Å². The number of ether oxygens (including phenoxy) is 2. The lowest BCUT2D eigenvalue weighted by Gasteiger charge is -2.37. The van der Waals surface area contributed by atoms with Crippen LogP contribution in [-0.4, -0.2) is 43.7 Å². The maximum atomic E-state index is 14.7. The third-order valence-electron chi connectivity index (χ3n) is 8.81. The number of carbonyl (C=O) groups is 3. The SMILES string of the molecule is COc1ccc([C@H]2[C@H](C(=O)c3cccc(OC)c3)N3c4ccccc4C=C[C@H]3C23C(=O)c2ccccc2C3=O)cc1. The first kappa shape index (κ1) is 25.0. The van der Waals surface area contributed by atoms with Crippen LogP contribution in [0.5, 0.6) is 11.5 Å². The highest BCUT2D eigenvalue weighted by Gasteiger charge is 2.71. The zero-order valence-corrected chi connectivity index (χ0v) is 22.6. The van der Waals surface area contributed by atoms with E-state index in [2.05, 4.69) is 0 Å². The molecule has 4 aromatic rings. The highest BCUT2D eigenvalue weighted by atomic mass is 16.5. The number of carbonyl (C=O) groups excluding carboxylic acids is 3. The van der Waals surface area contributed by atoms with Crippen molar-refractivity contribution in [2.24, 2.45) is 5.41 Å². The molecule has 7 rings (SSSR count). The minimum atomic E-state index is -1.54. The standard InChI is InChI=1S/C35H27NO5/c1-40-24-17-14-22(15-18-24)30-31(32(37)23-9-7-10-25(20-23)41-2)36-28-13-6-3-8-21(28)16-19-29(36)35(30)33(38)26-11-4-5-12-27(26)34(35)39/h3-20,29-31H,1-2H3/t29-,30-,31+/m0/s1. The Kier molecular flexibility index (Phi) is 5.68. The number of Topliss-reactive ketones (excluding diaryl/α,β-unsaturated/α-hetero) is 3. The largest absolute Gasteiger partial charge is 0.497 e. The monoisotopic (exact) mass is 541 g/mol. The summed E-state index contributed by atoms with van der Waals surface area (Å²) in [5, 5.41) is 0. The van der Waals surface area contributed by atoms with Crippen LogP contribution in [0.15, 0.2) is 103 Å². The van der Waals surface area contributed by atoms with Crippen LogP contribution in [0.4, 0.5) is 5.69 Å². The summed E-state index contributed by atoms with van der Waals surface area (Å²) in [7, 11) is 3.15. The van der Waals surface area contributed by atoms with Crippen molar-refractivity contribution in [3.8, 4) is 11.5 Å². The first-order chi connectivity index (χ1) is 20.0. The van der Waals surface area contributed by atoms with Crippen LogP contribution in [0.3, 0.4) is 0 Å². The molecule has 41 heavy (non-hydrogen) atoms. The van der Waals surface area contributed by atoms with Gasteiger partial charge in [0.15, 0.2) is 17.3 Å². The number of rotatable bonds is 5. The molecule has 0 N–H and O–H groups in total. The summed E-state index contributed by atoms with van der Waals surface area (Å²) in [6, 6.07) is 27.7. The first-order valence-electron chi connectivity index (χ1n) is 13.6. The van der Waals surface area contributed by atoms with Gasteiger partial charge in [-0.1, -0.05) is 78.9 Å². The Bertz CT molecular complexity index is 1720. The quantitative estimate of drug-likeness (QED) is 0.227. The van der Waals surface area contributed by atoms with Crippen LogP contribution >= 0.6 is 0 Å². The summed E-state index contributed by atoms with van der Waals surface area (Å²) < 4.78 is 10.9. The molecule has 1 aliphatic carbocycles. The van der Waals surface area contributed by atoms with Gasteiger partial charge in [-0.2, -0.15) is 0 Å². The van der Waals surface area contributed by atoms with E-state index in [1.807, 2.05) is 65.6 Å². The van der Waals surface area contributed by atoms with Gasteiger partial charge in [0.2, 0.25) is 0 Å². The summed E-state index contributed by atoms with van der Waals surface area (Å²) in [4.78, 5) is 46.1. The molecule has 0 unspecified atom stereocenters. The first-order valence-corrected chi connectivity index (χ1v) is 13.6. The average Bonchev–Trinajstić information content (AvgIpc) is 3.47. The van der Waals surface area contributed by atoms with Crippen molar-refractivity contribution in [1.82, 2.24) is 0 Å². The maximum absolute atomic E-state index is 14.7. The van der Waals surface area contributed by atoms with Gasteiger partial charge in [0.05, 0.1) is 20.3 Å². The predicted molar refractivity (Wildman–Crippen MR) is 156 cm³/mol. The lowest BCUT2D eigenvalue weighted by molar-refractivity contribution is 0.0666. The number of methoxy groups -OCH3 is 2. The number of hydrogen-bond acceptors (Lipinski definition) is 6. The van der Waals surface area contributed by atoms with Gasteiger partial charge in [-0.3, -0.25) is 14.4 Å². The molecular weight excluding hydrogens is 514 g/mol. The van der Waals surface area contributed by atoms with Gasteiger partial charge >= 0.3 is 0 Å². The van der Waals surface area contributed by atoms with Crippen LogP contribution in [0.2, 0.25) is 0 Å². The number of para-hydroxylation sites is 1. The minimum Gasteiger partial charge on any atom is -0.497 e. The molecular formula is C35H27NO5. The van der Waals surface area contributed by atoms with Gasteiger partial charge in [0.25, 0.3) is 0 Å². The van der Waals surface area contributed by atoms with Crippen molar-refractivity contribution in [1.29, 1.82) is 0 Å². The molecule has 0 saturated carbocycles. The number of benzene rings is 4. The van der Waals surface area contributed by atoms with Gasteiger partial charge in [-0.15, -0.1) is 0 Å². The minimum absolute atomic E-state index is 0.187. The Balaban J connectivity index is 1.53. The topological polar surface area (TPSA) is 72.9 Å². The Morgan fingerprint density at radius 1 is 0.756 bits per heavy atom. The average molecular weight is 542 g/mol. The summed E-state index contributed by atoms with van der Waals surface area (Å²) in [6.45, 7) is 0. The summed E-state index contributed by atoms with van der Waals surface area (Å²) in [5.74, 6) is -0.265. The zero-order chi connectivity index (χ0) is 28.3. The molecule has 0 amide bonds. The van der Waals surface area contributed by atoms with E-state index in [-0.39, 0.29) is 17.3 Å². The van der Waals surface area contributed by atoms with E-state index in [9.17, 15) is 14.4 Å². The van der Waals surface area contributed by atoms with Crippen molar-refractivity contribution < 1.29 is 23.9 Å². The number of ketones is 3. The predicted octanol–water partition coefficient (Wildman–Crippen LogP) is 6.02. The Labute approximate surface area is 237 Å². The number of hydrogen-bond donors (Lipinski definition) is 0. The van der Waals surface area contributed by atoms with Crippen LogP contribution in [-0.2, 0) is 0 Å². The molecule has 3 atom stereocenters. The number of nitrogens with zero attached hydrogens (tertiary/aromatic N) is 1. The van der Waals surface area contributed by atoms with Crippen molar-refractivity contribution in [3.05, 3.63) is 131 Å². The van der Waals surface area contributed by atoms with Gasteiger partial charge in [0, 0.05) is 28.3 Å². The normalized spacial score (nSPS) is 21.4. The van der Waals surface area contributed by atoms with Crippen LogP contribution in [0.25, 0.3) is 6.08 Å². The van der Waals surface area contributed by atoms with Gasteiger partial charge < -0.3 is 14.4 Å². The summed E-state index contributed by atoms with van der Waals surface area (Å²) in [5.41, 5.74) is 2.17. The molecule has 6 heteroatoms. The molecule has 6 nitrogen and oxygen atoms in total. The van der Waals surface area contributed by atoms with Gasteiger partial charge in [-0.25, -0.2) is 0 Å². The molecule has 4 aromatic carbocycles. The molecule has 3 aliphatic rings. The molecule has 1 spiro atoms. The molecule has 1 saturated heterocycles. The van der Waals surface area contributed by atoms with E-state index >= 15 is 0 Å². The fourth-order valence-electron chi connectivity index (χ4n) is 7.05. The van der Waals surface area contributed by atoms with Crippen LogP contribution < -0.4 is 14.4 Å². The molecule has 0 radical (unpaired) electrons. The maximum Gasteiger partial charge on any atom is 0.186 e. The second kappa shape index (κ2) is 9.30. The molecule has 202 valence electrons.